The average Bonchev–Trinajstić information content (AvgIpc) is 2.91. The number of H-pyrrole nitrogens is 1. The summed E-state index contributed by atoms with van der Waals surface area (Å²) in [6, 6.07) is 7.94. The third kappa shape index (κ3) is 2.85. The molecular formula is C16H15ClN4O2. The first-order chi connectivity index (χ1) is 11.0. The van der Waals surface area contributed by atoms with E-state index in [0.717, 1.165) is 5.69 Å². The predicted molar refractivity (Wildman–Crippen MR) is 89.9 cm³/mol. The molecule has 118 valence electrons. The number of aromatic nitrogens is 3. The average molecular weight is 331 g/mol. The zero-order valence-electron chi connectivity index (χ0n) is 12.6. The molecule has 3 aromatic rings. The van der Waals surface area contributed by atoms with Crippen LogP contribution in [0.2, 0.25) is 5.02 Å². The molecule has 0 saturated carbocycles. The summed E-state index contributed by atoms with van der Waals surface area (Å²) in [6.07, 6.45) is 1.37. The molecule has 2 aromatic heterocycles. The standard InChI is InChI=1S/C16H15ClN4O2/c1-9-7-11-14(19-9)18-8-21(16(11)23)10(2)15(22)20-13-6-4-3-5-12(13)17/h3-8,10,19H,1-2H3,(H,20,22). The Morgan fingerprint density at radius 1 is 1.39 bits per heavy atom. The summed E-state index contributed by atoms with van der Waals surface area (Å²) in [4.78, 5) is 32.1. The van der Waals surface area contributed by atoms with Crippen LogP contribution >= 0.6 is 11.6 Å². The Bertz CT molecular complexity index is 945. The largest absolute Gasteiger partial charge is 0.343 e. The van der Waals surface area contributed by atoms with Gasteiger partial charge in [-0.25, -0.2) is 4.98 Å². The molecule has 1 atom stereocenters. The highest BCUT2D eigenvalue weighted by Crippen LogP contribution is 2.21. The number of carbonyl (C=O) groups excluding carboxylic acids is 1. The minimum atomic E-state index is -0.717. The number of anilines is 1. The first-order valence-corrected chi connectivity index (χ1v) is 7.47. The molecule has 1 aromatic carbocycles. The highest BCUT2D eigenvalue weighted by atomic mass is 35.5. The highest BCUT2D eigenvalue weighted by Gasteiger charge is 2.19. The fourth-order valence-corrected chi connectivity index (χ4v) is 2.54. The topological polar surface area (TPSA) is 79.8 Å². The third-order valence-corrected chi connectivity index (χ3v) is 3.97. The smallest absolute Gasteiger partial charge is 0.263 e. The minimum absolute atomic E-state index is 0.263. The molecule has 0 aliphatic rings. The normalized spacial score (nSPS) is 12.3. The molecule has 0 fully saturated rings. The third-order valence-electron chi connectivity index (χ3n) is 3.64. The Labute approximate surface area is 137 Å². The van der Waals surface area contributed by atoms with Gasteiger partial charge in [0, 0.05) is 5.69 Å². The van der Waals surface area contributed by atoms with Crippen LogP contribution in [-0.2, 0) is 4.79 Å². The summed E-state index contributed by atoms with van der Waals surface area (Å²) in [5.74, 6) is -0.339. The van der Waals surface area contributed by atoms with Crippen molar-refractivity contribution >= 4 is 34.2 Å². The van der Waals surface area contributed by atoms with Crippen molar-refractivity contribution in [3.8, 4) is 0 Å². The van der Waals surface area contributed by atoms with Crippen molar-refractivity contribution in [2.45, 2.75) is 19.9 Å². The van der Waals surface area contributed by atoms with E-state index in [4.69, 9.17) is 11.6 Å². The van der Waals surface area contributed by atoms with E-state index in [-0.39, 0.29) is 11.5 Å². The van der Waals surface area contributed by atoms with Crippen LogP contribution < -0.4 is 10.9 Å². The maximum absolute atomic E-state index is 12.5. The van der Waals surface area contributed by atoms with E-state index in [1.54, 1.807) is 37.3 Å². The van der Waals surface area contributed by atoms with Crippen LogP contribution in [-0.4, -0.2) is 20.4 Å². The Morgan fingerprint density at radius 2 is 2.13 bits per heavy atom. The van der Waals surface area contributed by atoms with Crippen molar-refractivity contribution in [3.63, 3.8) is 0 Å². The Hall–Kier alpha value is -2.60. The van der Waals surface area contributed by atoms with Crippen molar-refractivity contribution in [3.05, 3.63) is 57.7 Å². The number of carbonyl (C=O) groups is 1. The number of para-hydroxylation sites is 1. The second-order valence-corrected chi connectivity index (χ2v) is 5.72. The van der Waals surface area contributed by atoms with Gasteiger partial charge in [-0.3, -0.25) is 14.2 Å². The molecular weight excluding hydrogens is 316 g/mol. The number of nitrogens with one attached hydrogen (secondary N) is 2. The first-order valence-electron chi connectivity index (χ1n) is 7.09. The van der Waals surface area contributed by atoms with Gasteiger partial charge in [-0.1, -0.05) is 23.7 Å². The number of halogens is 1. The van der Waals surface area contributed by atoms with Gasteiger partial charge in [0.2, 0.25) is 5.91 Å². The quantitative estimate of drug-likeness (QED) is 0.775. The lowest BCUT2D eigenvalue weighted by Gasteiger charge is -2.15. The summed E-state index contributed by atoms with van der Waals surface area (Å²) in [5, 5.41) is 3.62. The van der Waals surface area contributed by atoms with Crippen molar-refractivity contribution in [1.29, 1.82) is 0 Å². The lowest BCUT2D eigenvalue weighted by molar-refractivity contribution is -0.118. The van der Waals surface area contributed by atoms with Gasteiger partial charge in [-0.05, 0) is 32.0 Å². The maximum atomic E-state index is 12.5. The van der Waals surface area contributed by atoms with E-state index < -0.39 is 6.04 Å². The molecule has 0 spiro atoms. The van der Waals surface area contributed by atoms with Crippen molar-refractivity contribution in [2.24, 2.45) is 0 Å². The van der Waals surface area contributed by atoms with Crippen LogP contribution in [0.15, 0.2) is 41.5 Å². The van der Waals surface area contributed by atoms with E-state index in [1.807, 2.05) is 6.92 Å². The van der Waals surface area contributed by atoms with Gasteiger partial charge in [0.05, 0.1) is 16.1 Å². The summed E-state index contributed by atoms with van der Waals surface area (Å²) in [5.41, 5.74) is 1.60. The number of aryl methyl sites for hydroxylation is 1. The summed E-state index contributed by atoms with van der Waals surface area (Å²) in [7, 11) is 0. The molecule has 6 nitrogen and oxygen atoms in total. The van der Waals surface area contributed by atoms with Gasteiger partial charge in [0.1, 0.15) is 18.0 Å². The van der Waals surface area contributed by atoms with E-state index in [1.165, 1.54) is 10.9 Å². The van der Waals surface area contributed by atoms with E-state index in [2.05, 4.69) is 15.3 Å². The lowest BCUT2D eigenvalue weighted by Crippen LogP contribution is -2.31. The van der Waals surface area contributed by atoms with E-state index in [0.29, 0.717) is 21.7 Å². The minimum Gasteiger partial charge on any atom is -0.343 e. The predicted octanol–water partition coefficient (Wildman–Crippen LogP) is 2.89. The van der Waals surface area contributed by atoms with Gasteiger partial charge in [-0.2, -0.15) is 0 Å². The van der Waals surface area contributed by atoms with E-state index >= 15 is 0 Å². The summed E-state index contributed by atoms with van der Waals surface area (Å²) in [6.45, 7) is 3.49. The second kappa shape index (κ2) is 5.89. The van der Waals surface area contributed by atoms with E-state index in [9.17, 15) is 9.59 Å². The zero-order valence-corrected chi connectivity index (χ0v) is 13.4. The molecule has 1 amide bonds. The zero-order chi connectivity index (χ0) is 16.6. The van der Waals surface area contributed by atoms with Crippen molar-refractivity contribution < 1.29 is 4.79 Å². The summed E-state index contributed by atoms with van der Waals surface area (Å²) >= 11 is 6.03. The fourth-order valence-electron chi connectivity index (χ4n) is 2.35. The molecule has 2 heterocycles. The van der Waals surface area contributed by atoms with Crippen molar-refractivity contribution in [1.82, 2.24) is 14.5 Å². The van der Waals surface area contributed by atoms with Crippen LogP contribution in [0.1, 0.15) is 18.7 Å². The number of amides is 1. The molecule has 0 bridgehead atoms. The molecule has 0 saturated heterocycles. The number of nitrogens with zero attached hydrogens (tertiary/aromatic N) is 2. The molecule has 23 heavy (non-hydrogen) atoms. The van der Waals surface area contributed by atoms with Gasteiger partial charge >= 0.3 is 0 Å². The first kappa shape index (κ1) is 15.3. The molecule has 2 N–H and O–H groups in total. The van der Waals surface area contributed by atoms with Crippen LogP contribution in [0.25, 0.3) is 11.0 Å². The van der Waals surface area contributed by atoms with Gasteiger partial charge in [0.15, 0.2) is 0 Å². The molecule has 0 aliphatic carbocycles. The number of benzene rings is 1. The highest BCUT2D eigenvalue weighted by molar-refractivity contribution is 6.33. The molecule has 7 heteroatoms. The Balaban J connectivity index is 1.92. The molecule has 3 rings (SSSR count). The molecule has 1 unspecified atom stereocenters. The SMILES string of the molecule is Cc1cc2c(=O)n(C(C)C(=O)Nc3ccccc3Cl)cnc2[nH]1. The van der Waals surface area contributed by atoms with Gasteiger partial charge in [0.25, 0.3) is 5.56 Å². The van der Waals surface area contributed by atoms with Crippen LogP contribution in [0.5, 0.6) is 0 Å². The lowest BCUT2D eigenvalue weighted by atomic mass is 10.2. The summed E-state index contributed by atoms with van der Waals surface area (Å²) < 4.78 is 1.31. The molecule has 0 aliphatic heterocycles. The van der Waals surface area contributed by atoms with Crippen LogP contribution in [0.4, 0.5) is 5.69 Å². The van der Waals surface area contributed by atoms with Crippen LogP contribution in [0, 0.1) is 6.92 Å². The molecule has 0 radical (unpaired) electrons. The fraction of sp³-hybridized carbons (Fsp3) is 0.188. The van der Waals surface area contributed by atoms with Gasteiger partial charge in [-0.15, -0.1) is 0 Å². The second-order valence-electron chi connectivity index (χ2n) is 5.32. The monoisotopic (exact) mass is 330 g/mol. The van der Waals surface area contributed by atoms with Crippen LogP contribution in [0.3, 0.4) is 0 Å². The maximum Gasteiger partial charge on any atom is 0.263 e. The number of hydrogen-bond acceptors (Lipinski definition) is 3. The Kier molecular flexibility index (Phi) is 3.92. The Morgan fingerprint density at radius 3 is 2.87 bits per heavy atom. The number of aromatic amines is 1. The number of hydrogen-bond donors (Lipinski definition) is 2. The number of fused-ring (bicyclic) bond motifs is 1. The van der Waals surface area contributed by atoms with Crippen molar-refractivity contribution in [2.75, 3.05) is 5.32 Å². The number of rotatable bonds is 3. The van der Waals surface area contributed by atoms with Gasteiger partial charge < -0.3 is 10.3 Å².